The molecular weight excluding hydrogens is 476 g/mol. The van der Waals surface area contributed by atoms with Crippen LogP contribution >= 0.6 is 11.6 Å². The van der Waals surface area contributed by atoms with Gasteiger partial charge in [-0.15, -0.1) is 0 Å². The predicted octanol–water partition coefficient (Wildman–Crippen LogP) is 3.96. The lowest BCUT2D eigenvalue weighted by atomic mass is 10.2. The molecule has 182 valence electrons. The van der Waals surface area contributed by atoms with Crippen molar-refractivity contribution in [1.29, 1.82) is 0 Å². The summed E-state index contributed by atoms with van der Waals surface area (Å²) in [6.07, 6.45) is 4.14. The van der Waals surface area contributed by atoms with Crippen LogP contribution in [0, 0.1) is 0 Å². The van der Waals surface area contributed by atoms with Gasteiger partial charge in [0.15, 0.2) is 6.61 Å². The molecule has 0 aliphatic rings. The molecule has 3 rings (SSSR count). The smallest absolute Gasteiger partial charge is 0.257 e. The number of carbonyl (C=O) groups is 1. The van der Waals surface area contributed by atoms with Crippen LogP contribution in [0.4, 0.5) is 5.69 Å². The highest BCUT2D eigenvalue weighted by Gasteiger charge is 2.13. The first-order chi connectivity index (χ1) is 16.4. The topological polar surface area (TPSA) is 109 Å². The number of pyridine rings is 1. The van der Waals surface area contributed by atoms with Gasteiger partial charge in [0.05, 0.1) is 10.4 Å². The fourth-order valence-electron chi connectivity index (χ4n) is 3.20. The molecule has 8 nitrogen and oxygen atoms in total. The van der Waals surface area contributed by atoms with Gasteiger partial charge in [-0.1, -0.05) is 24.9 Å². The average molecular weight is 505 g/mol. The Bertz CT molecular complexity index is 1200. The molecule has 3 N–H and O–H groups in total. The molecule has 2 aromatic carbocycles. The van der Waals surface area contributed by atoms with E-state index < -0.39 is 10.0 Å². The molecule has 0 spiro atoms. The number of rotatable bonds is 13. The summed E-state index contributed by atoms with van der Waals surface area (Å²) in [6, 6.07) is 13.5. The molecule has 0 saturated heterocycles. The second kappa shape index (κ2) is 12.5. The Morgan fingerprint density at radius 3 is 2.59 bits per heavy atom. The van der Waals surface area contributed by atoms with E-state index in [1.54, 1.807) is 6.20 Å². The number of nitrogens with zero attached hydrogens (tertiary/aromatic N) is 1. The zero-order chi connectivity index (χ0) is 24.4. The lowest BCUT2D eigenvalue weighted by Gasteiger charge is -2.11. The summed E-state index contributed by atoms with van der Waals surface area (Å²) in [5.74, 6) is 0.177. The first kappa shape index (κ1) is 25.7. The van der Waals surface area contributed by atoms with Crippen molar-refractivity contribution in [2.45, 2.75) is 31.1 Å². The van der Waals surface area contributed by atoms with Crippen LogP contribution in [0.3, 0.4) is 0 Å². The number of sulfonamides is 1. The van der Waals surface area contributed by atoms with Crippen LogP contribution in [0.15, 0.2) is 59.6 Å². The van der Waals surface area contributed by atoms with Gasteiger partial charge in [0.25, 0.3) is 5.91 Å². The molecule has 10 heteroatoms. The molecule has 3 aromatic rings. The minimum atomic E-state index is -3.53. The van der Waals surface area contributed by atoms with Crippen LogP contribution in [-0.2, 0) is 14.8 Å². The average Bonchev–Trinajstić information content (AvgIpc) is 2.82. The Labute approximate surface area is 205 Å². The number of benzene rings is 2. The maximum atomic E-state index is 12.2. The summed E-state index contributed by atoms with van der Waals surface area (Å²) in [7, 11) is -3.53. The third kappa shape index (κ3) is 7.58. The van der Waals surface area contributed by atoms with Gasteiger partial charge in [0.1, 0.15) is 5.75 Å². The molecule has 0 fully saturated rings. The highest BCUT2D eigenvalue weighted by molar-refractivity contribution is 7.89. The normalized spacial score (nSPS) is 11.4. The number of carbonyl (C=O) groups excluding carboxylic acids is 1. The molecule has 0 unspecified atom stereocenters. The van der Waals surface area contributed by atoms with E-state index in [1.807, 2.05) is 31.2 Å². The van der Waals surface area contributed by atoms with E-state index in [1.165, 1.54) is 24.3 Å². The van der Waals surface area contributed by atoms with E-state index in [0.29, 0.717) is 30.4 Å². The number of anilines is 1. The molecule has 0 radical (unpaired) electrons. The molecule has 1 heterocycles. The lowest BCUT2D eigenvalue weighted by Crippen LogP contribution is -2.30. The van der Waals surface area contributed by atoms with Gasteiger partial charge < -0.3 is 15.4 Å². The fraction of sp³-hybridized carbons (Fsp3) is 0.333. The molecular formula is C24H29ClN4O4S. The van der Waals surface area contributed by atoms with E-state index in [0.717, 1.165) is 35.9 Å². The zero-order valence-electron chi connectivity index (χ0n) is 19.0. The van der Waals surface area contributed by atoms with E-state index in [2.05, 4.69) is 20.3 Å². The van der Waals surface area contributed by atoms with Crippen LogP contribution in [-0.4, -0.2) is 45.6 Å². The number of aromatic nitrogens is 1. The van der Waals surface area contributed by atoms with Crippen molar-refractivity contribution in [1.82, 2.24) is 15.0 Å². The number of unbranched alkanes of at least 4 members (excludes halogenated alkanes) is 1. The van der Waals surface area contributed by atoms with E-state index in [9.17, 15) is 13.2 Å². The van der Waals surface area contributed by atoms with Gasteiger partial charge in [-0.3, -0.25) is 9.78 Å². The Balaban J connectivity index is 1.37. The van der Waals surface area contributed by atoms with Gasteiger partial charge in [0, 0.05) is 41.9 Å². The van der Waals surface area contributed by atoms with Gasteiger partial charge in [0.2, 0.25) is 10.0 Å². The second-order valence-electron chi connectivity index (χ2n) is 7.66. The van der Waals surface area contributed by atoms with E-state index in [4.69, 9.17) is 16.3 Å². The van der Waals surface area contributed by atoms with Crippen molar-refractivity contribution in [3.8, 4) is 5.75 Å². The van der Waals surface area contributed by atoms with Crippen molar-refractivity contribution in [2.24, 2.45) is 0 Å². The number of fused-ring (bicyclic) bond motifs is 1. The Hall–Kier alpha value is -2.88. The van der Waals surface area contributed by atoms with Crippen LogP contribution in [0.5, 0.6) is 5.75 Å². The number of hydrogen-bond acceptors (Lipinski definition) is 6. The van der Waals surface area contributed by atoms with E-state index in [-0.39, 0.29) is 17.4 Å². The number of amides is 1. The molecule has 1 amide bonds. The fourth-order valence-corrected chi connectivity index (χ4v) is 4.44. The minimum absolute atomic E-state index is 0.149. The van der Waals surface area contributed by atoms with Crippen LogP contribution in [0.25, 0.3) is 10.9 Å². The van der Waals surface area contributed by atoms with Crippen molar-refractivity contribution in [3.05, 3.63) is 59.8 Å². The minimum Gasteiger partial charge on any atom is -0.484 e. The summed E-state index contributed by atoms with van der Waals surface area (Å²) in [5.41, 5.74) is 1.78. The summed E-state index contributed by atoms with van der Waals surface area (Å²) in [6.45, 7) is 3.41. The zero-order valence-corrected chi connectivity index (χ0v) is 20.6. The van der Waals surface area contributed by atoms with Gasteiger partial charge in [-0.2, -0.15) is 0 Å². The second-order valence-corrected chi connectivity index (χ2v) is 9.87. The maximum Gasteiger partial charge on any atom is 0.257 e. The Kier molecular flexibility index (Phi) is 9.50. The van der Waals surface area contributed by atoms with Crippen LogP contribution < -0.4 is 20.1 Å². The SMILES string of the molecule is CCCCNS(=O)(=O)c1ccc(OCC(=O)NCCCNc2ccnc3cc(Cl)ccc23)cc1. The first-order valence-electron chi connectivity index (χ1n) is 11.2. The van der Waals surface area contributed by atoms with Crippen molar-refractivity contribution < 1.29 is 17.9 Å². The molecule has 0 saturated carbocycles. The first-order valence-corrected chi connectivity index (χ1v) is 13.0. The monoisotopic (exact) mass is 504 g/mol. The highest BCUT2D eigenvalue weighted by Crippen LogP contribution is 2.24. The third-order valence-electron chi connectivity index (χ3n) is 5.02. The van der Waals surface area contributed by atoms with Gasteiger partial charge in [-0.25, -0.2) is 13.1 Å². The predicted molar refractivity (Wildman–Crippen MR) is 135 cm³/mol. The van der Waals surface area contributed by atoms with Gasteiger partial charge in [-0.05, 0) is 61.4 Å². The standard InChI is InChI=1S/C24H29ClN4O4S/c1-2-3-14-29-34(31,32)20-8-6-19(7-9-20)33-17-24(30)28-13-4-12-26-22-11-15-27-23-16-18(25)5-10-21(22)23/h5-11,15-16,29H,2-4,12-14,17H2,1H3,(H,26,27)(H,28,30). The van der Waals surface area contributed by atoms with Crippen molar-refractivity contribution in [3.63, 3.8) is 0 Å². The molecule has 34 heavy (non-hydrogen) atoms. The van der Waals surface area contributed by atoms with Crippen molar-refractivity contribution >= 4 is 44.1 Å². The largest absolute Gasteiger partial charge is 0.484 e. The Morgan fingerprint density at radius 2 is 1.82 bits per heavy atom. The highest BCUT2D eigenvalue weighted by atomic mass is 35.5. The molecule has 0 bridgehead atoms. The molecule has 0 aliphatic carbocycles. The molecule has 0 atom stereocenters. The third-order valence-corrected chi connectivity index (χ3v) is 6.73. The summed E-state index contributed by atoms with van der Waals surface area (Å²) in [4.78, 5) is 16.5. The van der Waals surface area contributed by atoms with Crippen molar-refractivity contribution in [2.75, 3.05) is 31.6 Å². The summed E-state index contributed by atoms with van der Waals surface area (Å²) >= 11 is 6.02. The maximum absolute atomic E-state index is 12.2. The Morgan fingerprint density at radius 1 is 1.03 bits per heavy atom. The summed E-state index contributed by atoms with van der Waals surface area (Å²) < 4.78 is 32.4. The van der Waals surface area contributed by atoms with Crippen LogP contribution in [0.1, 0.15) is 26.2 Å². The number of ether oxygens (including phenoxy) is 1. The van der Waals surface area contributed by atoms with Crippen LogP contribution in [0.2, 0.25) is 5.02 Å². The number of nitrogens with one attached hydrogen (secondary N) is 3. The lowest BCUT2D eigenvalue weighted by molar-refractivity contribution is -0.123. The summed E-state index contributed by atoms with van der Waals surface area (Å²) in [5, 5.41) is 7.79. The molecule has 0 aliphatic heterocycles. The number of halogens is 1. The molecule has 1 aromatic heterocycles. The quantitative estimate of drug-likeness (QED) is 0.304. The van der Waals surface area contributed by atoms with E-state index >= 15 is 0 Å². The van der Waals surface area contributed by atoms with Gasteiger partial charge >= 0.3 is 0 Å². The number of hydrogen-bond donors (Lipinski definition) is 3.